The summed E-state index contributed by atoms with van der Waals surface area (Å²) in [6, 6.07) is 4.17. The van der Waals surface area contributed by atoms with Crippen LogP contribution in [-0.2, 0) is 6.54 Å². The second kappa shape index (κ2) is 3.18. The number of rotatable bonds is 2. The number of fused-ring (bicyclic) bond motifs is 1. The second-order valence-corrected chi connectivity index (χ2v) is 3.15. The van der Waals surface area contributed by atoms with Gasteiger partial charge in [-0.25, -0.2) is 4.98 Å². The predicted molar refractivity (Wildman–Crippen MR) is 52.7 cm³/mol. The standard InChI is InChI=1S/C10H13N3/c1-8-10-9(6-11-2)4-3-5-13(10)7-12-8/h3-5,7,11H,6H2,1-2H3. The van der Waals surface area contributed by atoms with Crippen molar-refractivity contribution < 1.29 is 0 Å². The van der Waals surface area contributed by atoms with E-state index in [2.05, 4.69) is 20.8 Å². The van der Waals surface area contributed by atoms with E-state index in [1.54, 1.807) is 0 Å². The molecule has 0 aromatic carbocycles. The van der Waals surface area contributed by atoms with Gasteiger partial charge in [0.1, 0.15) is 0 Å². The molecule has 13 heavy (non-hydrogen) atoms. The molecule has 0 atom stereocenters. The minimum atomic E-state index is 0.886. The van der Waals surface area contributed by atoms with Crippen LogP contribution in [0.2, 0.25) is 0 Å². The van der Waals surface area contributed by atoms with Crippen molar-refractivity contribution in [3.8, 4) is 0 Å². The molecular weight excluding hydrogens is 162 g/mol. The fourth-order valence-electron chi connectivity index (χ4n) is 1.63. The molecule has 0 aliphatic rings. The van der Waals surface area contributed by atoms with Crippen LogP contribution in [0.5, 0.6) is 0 Å². The average Bonchev–Trinajstić information content (AvgIpc) is 2.50. The summed E-state index contributed by atoms with van der Waals surface area (Å²) in [6.07, 6.45) is 3.87. The number of imidazole rings is 1. The highest BCUT2D eigenvalue weighted by Gasteiger charge is 2.03. The van der Waals surface area contributed by atoms with E-state index in [9.17, 15) is 0 Å². The van der Waals surface area contributed by atoms with Crippen LogP contribution in [0.25, 0.3) is 5.52 Å². The van der Waals surface area contributed by atoms with Crippen molar-refractivity contribution in [3.05, 3.63) is 35.9 Å². The fraction of sp³-hybridized carbons (Fsp3) is 0.300. The Bertz CT molecular complexity index is 417. The molecule has 3 nitrogen and oxygen atoms in total. The van der Waals surface area contributed by atoms with Gasteiger partial charge < -0.3 is 9.72 Å². The Balaban J connectivity index is 2.65. The molecule has 0 aliphatic heterocycles. The van der Waals surface area contributed by atoms with E-state index >= 15 is 0 Å². The molecule has 2 rings (SSSR count). The maximum atomic E-state index is 4.27. The molecule has 3 heteroatoms. The lowest BCUT2D eigenvalue weighted by Gasteiger charge is -2.03. The van der Waals surface area contributed by atoms with E-state index in [-0.39, 0.29) is 0 Å². The number of nitrogens with zero attached hydrogens (tertiary/aromatic N) is 2. The molecule has 0 spiro atoms. The number of aromatic nitrogens is 2. The van der Waals surface area contributed by atoms with Gasteiger partial charge in [-0.2, -0.15) is 0 Å². The lowest BCUT2D eigenvalue weighted by Crippen LogP contribution is -2.06. The van der Waals surface area contributed by atoms with E-state index in [4.69, 9.17) is 0 Å². The average molecular weight is 175 g/mol. The minimum absolute atomic E-state index is 0.886. The van der Waals surface area contributed by atoms with Crippen LogP contribution in [0.1, 0.15) is 11.3 Å². The van der Waals surface area contributed by atoms with Crippen molar-refractivity contribution in [2.75, 3.05) is 7.05 Å². The van der Waals surface area contributed by atoms with Gasteiger partial charge in [0.2, 0.25) is 0 Å². The van der Waals surface area contributed by atoms with Crippen molar-refractivity contribution in [2.45, 2.75) is 13.5 Å². The number of pyridine rings is 1. The summed E-state index contributed by atoms with van der Waals surface area (Å²) in [6.45, 7) is 2.92. The zero-order valence-corrected chi connectivity index (χ0v) is 7.91. The fourth-order valence-corrected chi connectivity index (χ4v) is 1.63. The first-order valence-corrected chi connectivity index (χ1v) is 4.38. The van der Waals surface area contributed by atoms with Crippen LogP contribution in [0.3, 0.4) is 0 Å². The molecule has 68 valence electrons. The Labute approximate surface area is 77.4 Å². The number of hydrogen-bond acceptors (Lipinski definition) is 2. The molecule has 0 unspecified atom stereocenters. The van der Waals surface area contributed by atoms with E-state index in [0.717, 1.165) is 12.2 Å². The monoisotopic (exact) mass is 175 g/mol. The molecule has 0 aliphatic carbocycles. The smallest absolute Gasteiger partial charge is 0.0995 e. The molecule has 0 saturated heterocycles. The molecule has 0 saturated carbocycles. The molecule has 2 aromatic heterocycles. The van der Waals surface area contributed by atoms with E-state index < -0.39 is 0 Å². The number of hydrogen-bond donors (Lipinski definition) is 1. The Morgan fingerprint density at radius 3 is 3.15 bits per heavy atom. The first-order valence-electron chi connectivity index (χ1n) is 4.38. The first kappa shape index (κ1) is 8.26. The molecule has 2 aromatic rings. The molecule has 0 bridgehead atoms. The summed E-state index contributed by atoms with van der Waals surface area (Å²) in [5.41, 5.74) is 3.60. The number of aryl methyl sites for hydroxylation is 1. The van der Waals surface area contributed by atoms with Crippen LogP contribution in [0.4, 0.5) is 0 Å². The molecule has 0 radical (unpaired) electrons. The summed E-state index contributed by atoms with van der Waals surface area (Å²) in [7, 11) is 1.95. The van der Waals surface area contributed by atoms with Gasteiger partial charge in [-0.3, -0.25) is 0 Å². The predicted octanol–water partition coefficient (Wildman–Crippen LogP) is 1.36. The zero-order valence-electron chi connectivity index (χ0n) is 7.91. The quantitative estimate of drug-likeness (QED) is 0.746. The van der Waals surface area contributed by atoms with Crippen LogP contribution in [0.15, 0.2) is 24.7 Å². The summed E-state index contributed by atoms with van der Waals surface area (Å²) in [4.78, 5) is 4.27. The highest BCUT2D eigenvalue weighted by molar-refractivity contribution is 5.58. The van der Waals surface area contributed by atoms with Gasteiger partial charge in [-0.1, -0.05) is 6.07 Å². The molecule has 2 heterocycles. The molecule has 0 fully saturated rings. The highest BCUT2D eigenvalue weighted by atomic mass is 15.0. The SMILES string of the molecule is CNCc1cccn2cnc(C)c12. The maximum absolute atomic E-state index is 4.27. The third-order valence-electron chi connectivity index (χ3n) is 2.19. The third kappa shape index (κ3) is 1.31. The topological polar surface area (TPSA) is 29.3 Å². The van der Waals surface area contributed by atoms with Crippen molar-refractivity contribution in [2.24, 2.45) is 0 Å². The van der Waals surface area contributed by atoms with E-state index in [0.29, 0.717) is 0 Å². The van der Waals surface area contributed by atoms with Gasteiger partial charge >= 0.3 is 0 Å². The Kier molecular flexibility index (Phi) is 2.02. The van der Waals surface area contributed by atoms with Crippen molar-refractivity contribution >= 4 is 5.52 Å². The van der Waals surface area contributed by atoms with E-state index in [1.807, 2.05) is 32.6 Å². The number of nitrogens with one attached hydrogen (secondary N) is 1. The van der Waals surface area contributed by atoms with Crippen molar-refractivity contribution in [3.63, 3.8) is 0 Å². The van der Waals surface area contributed by atoms with Crippen LogP contribution in [-0.4, -0.2) is 16.4 Å². The summed E-state index contributed by atoms with van der Waals surface area (Å²) >= 11 is 0. The second-order valence-electron chi connectivity index (χ2n) is 3.15. The summed E-state index contributed by atoms with van der Waals surface area (Å²) < 4.78 is 2.06. The first-order chi connectivity index (χ1) is 6.33. The molecule has 0 amide bonds. The summed E-state index contributed by atoms with van der Waals surface area (Å²) in [5, 5.41) is 3.15. The van der Waals surface area contributed by atoms with Crippen LogP contribution in [0, 0.1) is 6.92 Å². The van der Waals surface area contributed by atoms with Gasteiger partial charge in [0.05, 0.1) is 17.5 Å². The van der Waals surface area contributed by atoms with E-state index in [1.165, 1.54) is 11.1 Å². The molecule has 1 N–H and O–H groups in total. The van der Waals surface area contributed by atoms with Crippen molar-refractivity contribution in [1.82, 2.24) is 14.7 Å². The Morgan fingerprint density at radius 1 is 1.54 bits per heavy atom. The van der Waals surface area contributed by atoms with Gasteiger partial charge in [0.15, 0.2) is 0 Å². The third-order valence-corrected chi connectivity index (χ3v) is 2.19. The van der Waals surface area contributed by atoms with Gasteiger partial charge in [-0.05, 0) is 25.6 Å². The maximum Gasteiger partial charge on any atom is 0.0995 e. The molecular formula is C10H13N3. The lowest BCUT2D eigenvalue weighted by molar-refractivity contribution is 0.818. The van der Waals surface area contributed by atoms with Crippen LogP contribution >= 0.6 is 0 Å². The summed E-state index contributed by atoms with van der Waals surface area (Å²) in [5.74, 6) is 0. The van der Waals surface area contributed by atoms with Gasteiger partial charge in [0, 0.05) is 12.7 Å². The van der Waals surface area contributed by atoms with Crippen molar-refractivity contribution in [1.29, 1.82) is 0 Å². The zero-order chi connectivity index (χ0) is 9.26. The Hall–Kier alpha value is -1.35. The Morgan fingerprint density at radius 2 is 2.38 bits per heavy atom. The van der Waals surface area contributed by atoms with Gasteiger partial charge in [0.25, 0.3) is 0 Å². The van der Waals surface area contributed by atoms with Crippen LogP contribution < -0.4 is 5.32 Å². The normalized spacial score (nSPS) is 10.9. The largest absolute Gasteiger partial charge is 0.316 e. The minimum Gasteiger partial charge on any atom is -0.316 e. The highest BCUT2D eigenvalue weighted by Crippen LogP contribution is 2.13. The van der Waals surface area contributed by atoms with Gasteiger partial charge in [-0.15, -0.1) is 0 Å². The lowest BCUT2D eigenvalue weighted by atomic mass is 10.2.